The summed E-state index contributed by atoms with van der Waals surface area (Å²) in [5.74, 6) is 0. The molecule has 0 aromatic heterocycles. The maximum atomic E-state index is 4.65. The molecule has 94 valence electrons. The fourth-order valence-electron chi connectivity index (χ4n) is 2.39. The lowest BCUT2D eigenvalue weighted by molar-refractivity contribution is 1.05. The summed E-state index contributed by atoms with van der Waals surface area (Å²) >= 11 is 0. The maximum Gasteiger partial charge on any atom is 0.0679 e. The number of rotatable bonds is 2. The SMILES string of the molecule is Cc1ccc(/C=C2\CCN=C2c2ccccc2)cc1. The van der Waals surface area contributed by atoms with Gasteiger partial charge < -0.3 is 0 Å². The highest BCUT2D eigenvalue weighted by Gasteiger charge is 2.14. The Morgan fingerprint density at radius 1 is 0.947 bits per heavy atom. The lowest BCUT2D eigenvalue weighted by atomic mass is 9.99. The van der Waals surface area contributed by atoms with E-state index in [1.165, 1.54) is 22.3 Å². The summed E-state index contributed by atoms with van der Waals surface area (Å²) in [6, 6.07) is 19.1. The van der Waals surface area contributed by atoms with Crippen LogP contribution >= 0.6 is 0 Å². The van der Waals surface area contributed by atoms with Crippen LogP contribution in [0.15, 0.2) is 65.2 Å². The first-order chi connectivity index (χ1) is 9.33. The molecule has 19 heavy (non-hydrogen) atoms. The number of nitrogens with zero attached hydrogens (tertiary/aromatic N) is 1. The number of hydrogen-bond donors (Lipinski definition) is 0. The van der Waals surface area contributed by atoms with Gasteiger partial charge in [-0.05, 0) is 36.1 Å². The van der Waals surface area contributed by atoms with Gasteiger partial charge in [0.15, 0.2) is 0 Å². The van der Waals surface area contributed by atoms with Crippen molar-refractivity contribution in [2.75, 3.05) is 6.54 Å². The van der Waals surface area contributed by atoms with Gasteiger partial charge in [-0.3, -0.25) is 4.99 Å². The van der Waals surface area contributed by atoms with Crippen LogP contribution in [-0.4, -0.2) is 12.3 Å². The predicted molar refractivity (Wildman–Crippen MR) is 81.6 cm³/mol. The monoisotopic (exact) mass is 247 g/mol. The van der Waals surface area contributed by atoms with Crippen molar-refractivity contribution in [3.8, 4) is 0 Å². The summed E-state index contributed by atoms with van der Waals surface area (Å²) < 4.78 is 0. The second-order valence-electron chi connectivity index (χ2n) is 4.93. The zero-order valence-electron chi connectivity index (χ0n) is 11.1. The van der Waals surface area contributed by atoms with Crippen LogP contribution in [0.5, 0.6) is 0 Å². The van der Waals surface area contributed by atoms with E-state index in [0.29, 0.717) is 0 Å². The molecule has 0 amide bonds. The molecule has 0 saturated carbocycles. The summed E-state index contributed by atoms with van der Waals surface area (Å²) in [6.07, 6.45) is 3.30. The van der Waals surface area contributed by atoms with Gasteiger partial charge in [0, 0.05) is 6.54 Å². The average molecular weight is 247 g/mol. The smallest absolute Gasteiger partial charge is 0.0679 e. The highest BCUT2D eigenvalue weighted by atomic mass is 14.8. The van der Waals surface area contributed by atoms with Crippen molar-refractivity contribution in [3.05, 3.63) is 76.9 Å². The molecule has 0 fully saturated rings. The summed E-state index contributed by atoms with van der Waals surface area (Å²) in [6.45, 7) is 3.02. The van der Waals surface area contributed by atoms with Crippen molar-refractivity contribution in [3.63, 3.8) is 0 Å². The molecule has 1 aliphatic rings. The van der Waals surface area contributed by atoms with Crippen LogP contribution in [0.2, 0.25) is 0 Å². The van der Waals surface area contributed by atoms with Crippen molar-refractivity contribution in [1.82, 2.24) is 0 Å². The number of hydrogen-bond acceptors (Lipinski definition) is 1. The van der Waals surface area contributed by atoms with E-state index in [9.17, 15) is 0 Å². The topological polar surface area (TPSA) is 12.4 Å². The largest absolute Gasteiger partial charge is 0.284 e. The molecule has 0 saturated heterocycles. The minimum Gasteiger partial charge on any atom is -0.284 e. The Labute approximate surface area is 114 Å². The number of benzene rings is 2. The quantitative estimate of drug-likeness (QED) is 0.751. The highest BCUT2D eigenvalue weighted by molar-refractivity contribution is 6.16. The van der Waals surface area contributed by atoms with E-state index in [1.54, 1.807) is 0 Å². The van der Waals surface area contributed by atoms with Gasteiger partial charge in [0.2, 0.25) is 0 Å². The molecule has 0 spiro atoms. The molecule has 2 aromatic carbocycles. The van der Waals surface area contributed by atoms with Crippen LogP contribution in [0.4, 0.5) is 0 Å². The van der Waals surface area contributed by atoms with Gasteiger partial charge in [-0.2, -0.15) is 0 Å². The maximum absolute atomic E-state index is 4.65. The fourth-order valence-corrected chi connectivity index (χ4v) is 2.39. The van der Waals surface area contributed by atoms with E-state index in [0.717, 1.165) is 18.7 Å². The van der Waals surface area contributed by atoms with Gasteiger partial charge >= 0.3 is 0 Å². The number of aliphatic imine (C=N–C) groups is 1. The predicted octanol–water partition coefficient (Wildman–Crippen LogP) is 4.27. The third-order valence-electron chi connectivity index (χ3n) is 3.42. The molecule has 1 nitrogen and oxygen atoms in total. The van der Waals surface area contributed by atoms with Crippen molar-refractivity contribution in [1.29, 1.82) is 0 Å². The van der Waals surface area contributed by atoms with Crippen molar-refractivity contribution in [2.24, 2.45) is 4.99 Å². The second kappa shape index (κ2) is 5.23. The van der Waals surface area contributed by atoms with E-state index in [-0.39, 0.29) is 0 Å². The summed E-state index contributed by atoms with van der Waals surface area (Å²) in [5, 5.41) is 0. The molecular weight excluding hydrogens is 230 g/mol. The first-order valence-corrected chi connectivity index (χ1v) is 6.70. The Hall–Kier alpha value is -2.15. The molecule has 0 aliphatic carbocycles. The van der Waals surface area contributed by atoms with Crippen LogP contribution < -0.4 is 0 Å². The summed E-state index contributed by atoms with van der Waals surface area (Å²) in [5.41, 5.74) is 6.27. The van der Waals surface area contributed by atoms with E-state index >= 15 is 0 Å². The molecule has 1 aliphatic heterocycles. The lowest BCUT2D eigenvalue weighted by Crippen LogP contribution is -1.99. The molecule has 2 aromatic rings. The molecule has 1 heteroatoms. The Morgan fingerprint density at radius 3 is 2.42 bits per heavy atom. The van der Waals surface area contributed by atoms with Gasteiger partial charge in [-0.25, -0.2) is 0 Å². The molecule has 3 rings (SSSR count). The number of aryl methyl sites for hydroxylation is 1. The lowest BCUT2D eigenvalue weighted by Gasteiger charge is -2.04. The molecule has 1 heterocycles. The summed E-state index contributed by atoms with van der Waals surface area (Å²) in [7, 11) is 0. The Morgan fingerprint density at radius 2 is 1.68 bits per heavy atom. The Balaban J connectivity index is 1.93. The van der Waals surface area contributed by atoms with Crippen molar-refractivity contribution < 1.29 is 0 Å². The van der Waals surface area contributed by atoms with E-state index in [1.807, 2.05) is 6.07 Å². The van der Waals surface area contributed by atoms with Gasteiger partial charge in [0.1, 0.15) is 0 Å². The molecule has 0 radical (unpaired) electrons. The Bertz CT molecular complexity index is 618. The summed E-state index contributed by atoms with van der Waals surface area (Å²) in [4.78, 5) is 4.65. The molecule has 0 N–H and O–H groups in total. The highest BCUT2D eigenvalue weighted by Crippen LogP contribution is 2.22. The minimum absolute atomic E-state index is 0.905. The zero-order valence-corrected chi connectivity index (χ0v) is 11.1. The van der Waals surface area contributed by atoms with Crippen LogP contribution in [0.3, 0.4) is 0 Å². The molecule has 0 unspecified atom stereocenters. The molecule has 0 bridgehead atoms. The van der Waals surface area contributed by atoms with E-state index in [4.69, 9.17) is 0 Å². The average Bonchev–Trinajstić information content (AvgIpc) is 2.90. The zero-order chi connectivity index (χ0) is 13.1. The van der Waals surface area contributed by atoms with Gasteiger partial charge in [-0.15, -0.1) is 0 Å². The Kier molecular flexibility index (Phi) is 3.28. The molecular formula is C18H17N. The van der Waals surface area contributed by atoms with E-state index < -0.39 is 0 Å². The van der Waals surface area contributed by atoms with Gasteiger partial charge in [0.05, 0.1) is 5.71 Å². The van der Waals surface area contributed by atoms with Crippen molar-refractivity contribution in [2.45, 2.75) is 13.3 Å². The third-order valence-corrected chi connectivity index (χ3v) is 3.42. The van der Waals surface area contributed by atoms with E-state index in [2.05, 4.69) is 66.5 Å². The minimum atomic E-state index is 0.905. The normalized spacial score (nSPS) is 16.7. The fraction of sp³-hybridized carbons (Fsp3) is 0.167. The van der Waals surface area contributed by atoms with Gasteiger partial charge in [0.25, 0.3) is 0 Å². The van der Waals surface area contributed by atoms with Crippen LogP contribution in [-0.2, 0) is 0 Å². The van der Waals surface area contributed by atoms with Crippen LogP contribution in [0, 0.1) is 6.92 Å². The van der Waals surface area contributed by atoms with Crippen LogP contribution in [0.25, 0.3) is 6.08 Å². The third kappa shape index (κ3) is 2.65. The standard InChI is InChI=1S/C18H17N/c1-14-7-9-15(10-8-14)13-17-11-12-19-18(17)16-5-3-2-4-6-16/h2-10,13H,11-12H2,1H3/b17-13+. The van der Waals surface area contributed by atoms with Crippen molar-refractivity contribution >= 4 is 11.8 Å². The van der Waals surface area contributed by atoms with Gasteiger partial charge in [-0.1, -0.05) is 60.2 Å². The molecule has 0 atom stereocenters. The first-order valence-electron chi connectivity index (χ1n) is 6.70. The second-order valence-corrected chi connectivity index (χ2v) is 4.93. The van der Waals surface area contributed by atoms with Crippen LogP contribution in [0.1, 0.15) is 23.1 Å². The first kappa shape index (κ1) is 11.9.